The van der Waals surface area contributed by atoms with E-state index >= 15 is 0 Å². The first-order valence-corrected chi connectivity index (χ1v) is 11.3. The van der Waals surface area contributed by atoms with Crippen molar-refractivity contribution in [1.29, 1.82) is 0 Å². The van der Waals surface area contributed by atoms with Crippen LogP contribution in [-0.2, 0) is 11.3 Å². The maximum absolute atomic E-state index is 13.3. The van der Waals surface area contributed by atoms with Crippen LogP contribution >= 0.6 is 11.6 Å². The molecule has 1 saturated carbocycles. The number of rotatable bonds is 9. The molecule has 1 fully saturated rings. The molecule has 0 radical (unpaired) electrons. The number of alkyl halides is 2. The number of methoxy groups -OCH3 is 1. The molecule has 4 rings (SSSR count). The highest BCUT2D eigenvalue weighted by atomic mass is 35.5. The molecular weight excluding hydrogens is 470 g/mol. The van der Waals surface area contributed by atoms with Crippen LogP contribution in [0.5, 0.6) is 5.75 Å². The standard InChI is InChI=1S/C24H25ClF2N2O5/c1-33-19-9-13(6-7-17(19)23(26)27)22(30)20(34-16-4-2-3-5-16)12-29-11-14-8-15(25)10-18(24(31)32)21(14)28-29/h6-11,16,20,22-23,30H,2-5,12H2,1H3,(H,31,32). The van der Waals surface area contributed by atoms with Crippen molar-refractivity contribution in [1.82, 2.24) is 9.78 Å². The molecule has 0 saturated heterocycles. The van der Waals surface area contributed by atoms with Gasteiger partial charge in [0.05, 0.1) is 30.9 Å². The lowest BCUT2D eigenvalue weighted by atomic mass is 10.0. The molecule has 2 unspecified atom stereocenters. The quantitative estimate of drug-likeness (QED) is 0.414. The molecule has 1 aliphatic rings. The molecule has 34 heavy (non-hydrogen) atoms. The van der Waals surface area contributed by atoms with E-state index in [1.54, 1.807) is 12.3 Å². The third kappa shape index (κ3) is 5.16. The van der Waals surface area contributed by atoms with Gasteiger partial charge in [0.1, 0.15) is 23.5 Å². The summed E-state index contributed by atoms with van der Waals surface area (Å²) in [5.41, 5.74) is 0.356. The molecule has 182 valence electrons. The van der Waals surface area contributed by atoms with Gasteiger partial charge >= 0.3 is 5.97 Å². The molecule has 0 amide bonds. The van der Waals surface area contributed by atoms with E-state index in [9.17, 15) is 23.8 Å². The number of aliphatic hydroxyl groups is 1. The average molecular weight is 495 g/mol. The summed E-state index contributed by atoms with van der Waals surface area (Å²) < 4.78 is 39.4. The van der Waals surface area contributed by atoms with Gasteiger partial charge in [-0.2, -0.15) is 5.10 Å². The van der Waals surface area contributed by atoms with Gasteiger partial charge in [-0.05, 0) is 42.7 Å². The number of carboxylic acids is 1. The predicted molar refractivity (Wildman–Crippen MR) is 122 cm³/mol. The lowest BCUT2D eigenvalue weighted by Gasteiger charge is -2.27. The Morgan fingerprint density at radius 3 is 2.65 bits per heavy atom. The van der Waals surface area contributed by atoms with E-state index in [1.807, 2.05) is 0 Å². The van der Waals surface area contributed by atoms with Gasteiger partial charge in [-0.25, -0.2) is 13.6 Å². The van der Waals surface area contributed by atoms with Crippen molar-refractivity contribution in [3.63, 3.8) is 0 Å². The zero-order valence-electron chi connectivity index (χ0n) is 18.5. The monoisotopic (exact) mass is 494 g/mol. The Morgan fingerprint density at radius 1 is 1.26 bits per heavy atom. The van der Waals surface area contributed by atoms with Crippen LogP contribution in [0, 0.1) is 0 Å². The van der Waals surface area contributed by atoms with Crippen LogP contribution in [0.4, 0.5) is 8.78 Å². The van der Waals surface area contributed by atoms with Gasteiger partial charge in [0.25, 0.3) is 6.43 Å². The van der Waals surface area contributed by atoms with Gasteiger partial charge in [-0.15, -0.1) is 0 Å². The molecule has 1 heterocycles. The number of carboxylic acid groups (broad SMARTS) is 1. The molecule has 0 aliphatic heterocycles. The number of ether oxygens (including phenoxy) is 2. The predicted octanol–water partition coefficient (Wildman–Crippen LogP) is 5.40. The molecule has 1 aromatic heterocycles. The SMILES string of the molecule is COc1cc(C(O)C(Cn2cc3cc(Cl)cc(C(=O)O)c3n2)OC2CCCC2)ccc1C(F)F. The Labute approximate surface area is 199 Å². The number of benzene rings is 2. The molecule has 10 heteroatoms. The van der Waals surface area contributed by atoms with Crippen molar-refractivity contribution in [2.75, 3.05) is 7.11 Å². The molecule has 2 N–H and O–H groups in total. The summed E-state index contributed by atoms with van der Waals surface area (Å²) in [5.74, 6) is -1.17. The topological polar surface area (TPSA) is 93.8 Å². The fourth-order valence-corrected chi connectivity index (χ4v) is 4.61. The molecular formula is C24H25ClF2N2O5. The third-order valence-corrected chi connectivity index (χ3v) is 6.29. The summed E-state index contributed by atoms with van der Waals surface area (Å²) >= 11 is 6.06. The summed E-state index contributed by atoms with van der Waals surface area (Å²) in [5, 5.41) is 25.9. The zero-order chi connectivity index (χ0) is 24.4. The van der Waals surface area contributed by atoms with Crippen molar-refractivity contribution in [3.8, 4) is 5.75 Å². The maximum Gasteiger partial charge on any atom is 0.338 e. The summed E-state index contributed by atoms with van der Waals surface area (Å²) in [6.07, 6.45) is 0.737. The highest BCUT2D eigenvalue weighted by Gasteiger charge is 2.29. The minimum Gasteiger partial charge on any atom is -0.496 e. The van der Waals surface area contributed by atoms with E-state index in [2.05, 4.69) is 5.10 Å². The highest BCUT2D eigenvalue weighted by molar-refractivity contribution is 6.32. The molecule has 7 nitrogen and oxygen atoms in total. The Bertz CT molecular complexity index is 1180. The Kier molecular flexibility index (Phi) is 7.35. The normalized spacial score (nSPS) is 16.3. The van der Waals surface area contributed by atoms with Crippen LogP contribution in [0.25, 0.3) is 10.9 Å². The number of aromatic nitrogens is 2. The first-order valence-electron chi connectivity index (χ1n) is 11.0. The minimum absolute atomic E-state index is 0.0169. The summed E-state index contributed by atoms with van der Waals surface area (Å²) in [4.78, 5) is 11.6. The van der Waals surface area contributed by atoms with E-state index in [-0.39, 0.29) is 40.1 Å². The van der Waals surface area contributed by atoms with Crippen LogP contribution in [-0.4, -0.2) is 45.3 Å². The van der Waals surface area contributed by atoms with Gasteiger partial charge in [0.2, 0.25) is 0 Å². The van der Waals surface area contributed by atoms with Crippen molar-refractivity contribution in [3.05, 3.63) is 58.2 Å². The molecule has 0 bridgehead atoms. The van der Waals surface area contributed by atoms with Crippen LogP contribution in [0.1, 0.15) is 59.7 Å². The molecule has 0 spiro atoms. The fourth-order valence-electron chi connectivity index (χ4n) is 4.38. The van der Waals surface area contributed by atoms with Gasteiger partial charge in [0, 0.05) is 16.6 Å². The summed E-state index contributed by atoms with van der Waals surface area (Å²) in [6.45, 7) is 0.113. The van der Waals surface area contributed by atoms with Crippen molar-refractivity contribution >= 4 is 28.5 Å². The summed E-state index contributed by atoms with van der Waals surface area (Å²) in [6, 6.07) is 7.00. The first kappa shape index (κ1) is 24.4. The van der Waals surface area contributed by atoms with E-state index in [0.29, 0.717) is 10.9 Å². The van der Waals surface area contributed by atoms with Crippen LogP contribution in [0.3, 0.4) is 0 Å². The lowest BCUT2D eigenvalue weighted by molar-refractivity contribution is -0.0844. The number of aromatic carboxylic acids is 1. The number of hydrogen-bond acceptors (Lipinski definition) is 5. The lowest BCUT2D eigenvalue weighted by Crippen LogP contribution is -2.31. The Balaban J connectivity index is 1.66. The summed E-state index contributed by atoms with van der Waals surface area (Å²) in [7, 11) is 1.30. The van der Waals surface area contributed by atoms with Gasteiger partial charge in [0.15, 0.2) is 0 Å². The highest BCUT2D eigenvalue weighted by Crippen LogP contribution is 2.34. The zero-order valence-corrected chi connectivity index (χ0v) is 19.2. The second kappa shape index (κ2) is 10.2. The average Bonchev–Trinajstić information content (AvgIpc) is 3.46. The van der Waals surface area contributed by atoms with E-state index in [4.69, 9.17) is 21.1 Å². The Hall–Kier alpha value is -2.75. The largest absolute Gasteiger partial charge is 0.496 e. The van der Waals surface area contributed by atoms with Crippen molar-refractivity contribution < 1.29 is 33.3 Å². The second-order valence-corrected chi connectivity index (χ2v) is 8.81. The van der Waals surface area contributed by atoms with Crippen molar-refractivity contribution in [2.45, 2.75) is 57.0 Å². The first-order chi connectivity index (χ1) is 16.3. The van der Waals surface area contributed by atoms with E-state index in [0.717, 1.165) is 25.7 Å². The molecule has 2 atom stereocenters. The Morgan fingerprint density at radius 2 is 2.00 bits per heavy atom. The van der Waals surface area contributed by atoms with Gasteiger partial charge in [-0.3, -0.25) is 4.68 Å². The van der Waals surface area contributed by atoms with Gasteiger partial charge < -0.3 is 19.7 Å². The second-order valence-electron chi connectivity index (χ2n) is 8.38. The number of hydrogen-bond donors (Lipinski definition) is 2. The number of carbonyl (C=O) groups is 1. The molecule has 1 aliphatic carbocycles. The molecule has 2 aromatic carbocycles. The molecule has 3 aromatic rings. The van der Waals surface area contributed by atoms with Crippen LogP contribution in [0.2, 0.25) is 5.02 Å². The van der Waals surface area contributed by atoms with Crippen molar-refractivity contribution in [2.24, 2.45) is 0 Å². The van der Waals surface area contributed by atoms with E-state index in [1.165, 1.54) is 36.1 Å². The number of fused-ring (bicyclic) bond motifs is 1. The number of nitrogens with zero attached hydrogens (tertiary/aromatic N) is 2. The third-order valence-electron chi connectivity index (χ3n) is 6.07. The smallest absolute Gasteiger partial charge is 0.338 e. The van der Waals surface area contributed by atoms with E-state index < -0.39 is 24.6 Å². The maximum atomic E-state index is 13.3. The minimum atomic E-state index is -2.71. The number of aliphatic hydroxyl groups excluding tert-OH is 1. The van der Waals surface area contributed by atoms with Crippen LogP contribution < -0.4 is 4.74 Å². The van der Waals surface area contributed by atoms with Gasteiger partial charge in [-0.1, -0.05) is 30.5 Å². The fraction of sp³-hybridized carbons (Fsp3) is 0.417. The number of halogens is 3. The van der Waals surface area contributed by atoms with Crippen LogP contribution in [0.15, 0.2) is 36.5 Å².